The summed E-state index contributed by atoms with van der Waals surface area (Å²) in [5.74, 6) is 0.710. The Balaban J connectivity index is 1.99. The van der Waals surface area contributed by atoms with Crippen molar-refractivity contribution in [3.63, 3.8) is 0 Å². The Hall–Kier alpha value is -1.97. The van der Waals surface area contributed by atoms with E-state index in [0.29, 0.717) is 18.2 Å². The molecule has 1 aromatic carbocycles. The van der Waals surface area contributed by atoms with Gasteiger partial charge in [0.1, 0.15) is 24.4 Å². The normalized spacial score (nSPS) is 26.6. The standard InChI is InChI=1S/C23H34N2O6/c1-13(2)10-17-16(11-15-8-6-5-7-9-15)22(24-25(17)14(3)4)31-23-21(29)20(28)19(27)18(12-26)30-23/h5-9,13-14,18-21,23,26-29H,10-12H2,1-4H3/t18-,19-,20+,21-,23+/m1/s1. The summed E-state index contributed by atoms with van der Waals surface area (Å²) < 4.78 is 13.5. The lowest BCUT2D eigenvalue weighted by atomic mass is 9.98. The molecule has 0 aliphatic carbocycles. The lowest BCUT2D eigenvalue weighted by Crippen LogP contribution is -2.60. The fourth-order valence-electron chi connectivity index (χ4n) is 3.86. The van der Waals surface area contributed by atoms with Crippen LogP contribution in [0.15, 0.2) is 30.3 Å². The van der Waals surface area contributed by atoms with Gasteiger partial charge in [0.05, 0.1) is 6.61 Å². The minimum Gasteiger partial charge on any atom is -0.443 e. The van der Waals surface area contributed by atoms with Crippen molar-refractivity contribution in [1.82, 2.24) is 9.78 Å². The molecule has 1 fully saturated rings. The molecular formula is C23H34N2O6. The first-order valence-corrected chi connectivity index (χ1v) is 10.8. The van der Waals surface area contributed by atoms with E-state index in [1.54, 1.807) is 0 Å². The highest BCUT2D eigenvalue weighted by molar-refractivity contribution is 5.37. The molecule has 8 heteroatoms. The first-order chi connectivity index (χ1) is 14.7. The van der Waals surface area contributed by atoms with E-state index in [0.717, 1.165) is 23.2 Å². The van der Waals surface area contributed by atoms with E-state index in [9.17, 15) is 20.4 Å². The summed E-state index contributed by atoms with van der Waals surface area (Å²) in [6, 6.07) is 10.1. The number of aliphatic hydroxyl groups is 4. The number of aliphatic hydroxyl groups excluding tert-OH is 4. The van der Waals surface area contributed by atoms with Crippen LogP contribution >= 0.6 is 0 Å². The Kier molecular flexibility index (Phi) is 7.72. The van der Waals surface area contributed by atoms with Gasteiger partial charge >= 0.3 is 0 Å². The predicted octanol–water partition coefficient (Wildman–Crippen LogP) is 1.43. The highest BCUT2D eigenvalue weighted by Gasteiger charge is 2.45. The quantitative estimate of drug-likeness (QED) is 0.497. The minimum atomic E-state index is -1.50. The maximum absolute atomic E-state index is 10.4. The smallest absolute Gasteiger partial charge is 0.239 e. The van der Waals surface area contributed by atoms with Gasteiger partial charge in [-0.1, -0.05) is 44.2 Å². The van der Waals surface area contributed by atoms with Crippen molar-refractivity contribution < 1.29 is 29.9 Å². The zero-order chi connectivity index (χ0) is 22.7. The highest BCUT2D eigenvalue weighted by atomic mass is 16.7. The molecule has 8 nitrogen and oxygen atoms in total. The molecule has 4 N–H and O–H groups in total. The Morgan fingerprint density at radius 1 is 1.03 bits per heavy atom. The van der Waals surface area contributed by atoms with Crippen LogP contribution in [0, 0.1) is 5.92 Å². The van der Waals surface area contributed by atoms with Gasteiger partial charge in [0.25, 0.3) is 0 Å². The largest absolute Gasteiger partial charge is 0.443 e. The summed E-state index contributed by atoms with van der Waals surface area (Å²) in [5, 5.41) is 44.7. The Morgan fingerprint density at radius 2 is 1.71 bits per heavy atom. The molecule has 1 saturated heterocycles. The summed E-state index contributed by atoms with van der Waals surface area (Å²) in [5.41, 5.74) is 3.04. The van der Waals surface area contributed by atoms with Gasteiger partial charge in [0, 0.05) is 23.7 Å². The Labute approximate surface area is 183 Å². The number of nitrogens with zero attached hydrogens (tertiary/aromatic N) is 2. The molecule has 31 heavy (non-hydrogen) atoms. The Morgan fingerprint density at radius 3 is 2.29 bits per heavy atom. The van der Waals surface area contributed by atoms with Crippen LogP contribution in [0.25, 0.3) is 0 Å². The van der Waals surface area contributed by atoms with Crippen LogP contribution in [0.3, 0.4) is 0 Å². The molecule has 2 heterocycles. The number of benzene rings is 1. The van der Waals surface area contributed by atoms with E-state index in [1.165, 1.54) is 0 Å². The van der Waals surface area contributed by atoms with Gasteiger partial charge in [-0.25, -0.2) is 0 Å². The van der Waals surface area contributed by atoms with Crippen molar-refractivity contribution in [3.8, 4) is 5.88 Å². The predicted molar refractivity (Wildman–Crippen MR) is 115 cm³/mol. The van der Waals surface area contributed by atoms with Crippen LogP contribution < -0.4 is 4.74 Å². The van der Waals surface area contributed by atoms with Crippen LogP contribution in [-0.2, 0) is 17.6 Å². The fourth-order valence-corrected chi connectivity index (χ4v) is 3.86. The molecule has 1 aliphatic heterocycles. The van der Waals surface area contributed by atoms with Gasteiger partial charge in [-0.05, 0) is 31.7 Å². The molecule has 0 amide bonds. The molecule has 2 aromatic rings. The number of aromatic nitrogens is 2. The zero-order valence-electron chi connectivity index (χ0n) is 18.5. The lowest BCUT2D eigenvalue weighted by molar-refractivity contribution is -0.278. The average Bonchev–Trinajstić information content (AvgIpc) is 3.05. The van der Waals surface area contributed by atoms with E-state index < -0.39 is 37.3 Å². The monoisotopic (exact) mass is 434 g/mol. The van der Waals surface area contributed by atoms with Crippen molar-refractivity contribution in [1.29, 1.82) is 0 Å². The maximum atomic E-state index is 10.4. The van der Waals surface area contributed by atoms with Crippen molar-refractivity contribution in [2.75, 3.05) is 6.61 Å². The number of rotatable bonds is 8. The summed E-state index contributed by atoms with van der Waals surface area (Å²) >= 11 is 0. The third-order valence-corrected chi connectivity index (χ3v) is 5.47. The molecular weight excluding hydrogens is 400 g/mol. The summed E-state index contributed by atoms with van der Waals surface area (Å²) in [4.78, 5) is 0. The molecule has 3 rings (SSSR count). The topological polar surface area (TPSA) is 117 Å². The maximum Gasteiger partial charge on any atom is 0.239 e. The van der Waals surface area contributed by atoms with Gasteiger partial charge in [0.2, 0.25) is 12.2 Å². The van der Waals surface area contributed by atoms with Gasteiger partial charge in [-0.2, -0.15) is 0 Å². The molecule has 0 spiro atoms. The second-order valence-electron chi connectivity index (χ2n) is 8.84. The summed E-state index contributed by atoms with van der Waals surface area (Å²) in [7, 11) is 0. The molecule has 0 unspecified atom stereocenters. The summed E-state index contributed by atoms with van der Waals surface area (Å²) in [6.07, 6.45) is -5.35. The van der Waals surface area contributed by atoms with E-state index in [1.807, 2.05) is 48.9 Å². The Bertz CT molecular complexity index is 836. The number of hydrogen-bond donors (Lipinski definition) is 4. The van der Waals surface area contributed by atoms with Crippen molar-refractivity contribution in [2.24, 2.45) is 5.92 Å². The first-order valence-electron chi connectivity index (χ1n) is 10.8. The van der Waals surface area contributed by atoms with E-state index >= 15 is 0 Å². The third-order valence-electron chi connectivity index (χ3n) is 5.47. The van der Waals surface area contributed by atoms with E-state index in [2.05, 4.69) is 18.9 Å². The summed E-state index contributed by atoms with van der Waals surface area (Å²) in [6.45, 7) is 7.85. The second-order valence-corrected chi connectivity index (χ2v) is 8.84. The van der Waals surface area contributed by atoms with Gasteiger partial charge in [0.15, 0.2) is 0 Å². The molecule has 0 bridgehead atoms. The van der Waals surface area contributed by atoms with E-state index in [-0.39, 0.29) is 6.04 Å². The molecule has 172 valence electrons. The van der Waals surface area contributed by atoms with Crippen LogP contribution in [0.1, 0.15) is 50.6 Å². The third kappa shape index (κ3) is 5.27. The van der Waals surface area contributed by atoms with Gasteiger partial charge in [-0.3, -0.25) is 4.68 Å². The molecule has 0 saturated carbocycles. The molecule has 0 radical (unpaired) electrons. The SMILES string of the molecule is CC(C)Cc1c(Cc2ccccc2)c(O[C@@H]2O[C@H](CO)[C@@H](O)[C@H](O)[C@H]2O)nn1C(C)C. The van der Waals surface area contributed by atoms with Crippen LogP contribution in [-0.4, -0.2) is 67.5 Å². The van der Waals surface area contributed by atoms with E-state index in [4.69, 9.17) is 9.47 Å². The van der Waals surface area contributed by atoms with Gasteiger partial charge < -0.3 is 29.9 Å². The van der Waals surface area contributed by atoms with Crippen LogP contribution in [0.5, 0.6) is 5.88 Å². The number of ether oxygens (including phenoxy) is 2. The van der Waals surface area contributed by atoms with Crippen molar-refractivity contribution in [3.05, 3.63) is 47.2 Å². The highest BCUT2D eigenvalue weighted by Crippen LogP contribution is 2.32. The molecule has 1 aromatic heterocycles. The van der Waals surface area contributed by atoms with Crippen LogP contribution in [0.4, 0.5) is 0 Å². The van der Waals surface area contributed by atoms with Crippen molar-refractivity contribution in [2.45, 2.75) is 77.3 Å². The minimum absolute atomic E-state index is 0.0930. The second kappa shape index (κ2) is 10.1. The van der Waals surface area contributed by atoms with Crippen molar-refractivity contribution >= 4 is 0 Å². The molecule has 1 aliphatic rings. The van der Waals surface area contributed by atoms with Gasteiger partial charge in [-0.15, -0.1) is 5.10 Å². The number of hydrogen-bond acceptors (Lipinski definition) is 7. The molecule has 5 atom stereocenters. The first kappa shape index (κ1) is 23.7. The zero-order valence-corrected chi connectivity index (χ0v) is 18.5. The fraction of sp³-hybridized carbons (Fsp3) is 0.609. The average molecular weight is 435 g/mol. The van der Waals surface area contributed by atoms with Crippen LogP contribution in [0.2, 0.25) is 0 Å². The lowest BCUT2D eigenvalue weighted by Gasteiger charge is -2.39.